The highest BCUT2D eigenvalue weighted by Gasteiger charge is 2.02. The molecule has 2 N–H and O–H groups in total. The molecule has 5 heteroatoms. The fourth-order valence-electron chi connectivity index (χ4n) is 1.73. The van der Waals surface area contributed by atoms with Gasteiger partial charge in [-0.1, -0.05) is 0 Å². The molecule has 20 heavy (non-hydrogen) atoms. The van der Waals surface area contributed by atoms with E-state index in [0.29, 0.717) is 13.0 Å². The van der Waals surface area contributed by atoms with Crippen LogP contribution in [-0.2, 0) is 9.53 Å². The summed E-state index contributed by atoms with van der Waals surface area (Å²) in [5, 5.41) is 6.10. The van der Waals surface area contributed by atoms with Crippen molar-refractivity contribution >= 4 is 17.3 Å². The van der Waals surface area contributed by atoms with Crippen LogP contribution in [0.15, 0.2) is 24.3 Å². The lowest BCUT2D eigenvalue weighted by Crippen LogP contribution is -2.23. The fourth-order valence-corrected chi connectivity index (χ4v) is 1.73. The minimum absolute atomic E-state index is 0.0295. The summed E-state index contributed by atoms with van der Waals surface area (Å²) in [6.07, 6.45) is 1.44. The van der Waals surface area contributed by atoms with Gasteiger partial charge in [0.1, 0.15) is 0 Å². The average Bonchev–Trinajstić information content (AvgIpc) is 2.43. The zero-order valence-corrected chi connectivity index (χ0v) is 12.6. The maximum absolute atomic E-state index is 11.7. The molecule has 0 saturated heterocycles. The Morgan fingerprint density at radius 2 is 1.90 bits per heavy atom. The van der Waals surface area contributed by atoms with Crippen LogP contribution in [0.1, 0.15) is 12.8 Å². The number of benzene rings is 1. The number of anilines is 2. The first-order valence-electron chi connectivity index (χ1n) is 6.90. The maximum Gasteiger partial charge on any atom is 0.225 e. The highest BCUT2D eigenvalue weighted by molar-refractivity contribution is 5.90. The van der Waals surface area contributed by atoms with Crippen molar-refractivity contribution in [2.75, 3.05) is 51.1 Å². The molecule has 0 bridgehead atoms. The molecule has 1 aromatic carbocycles. The SMILES string of the molecule is COCCCNCCC(=O)Nc1ccc(N(C)C)cc1. The quantitative estimate of drug-likeness (QED) is 0.676. The van der Waals surface area contributed by atoms with Crippen molar-refractivity contribution in [2.45, 2.75) is 12.8 Å². The molecule has 1 rings (SSSR count). The first kappa shape index (κ1) is 16.5. The summed E-state index contributed by atoms with van der Waals surface area (Å²) in [5.74, 6) is 0.0295. The summed E-state index contributed by atoms with van der Waals surface area (Å²) in [6, 6.07) is 7.80. The summed E-state index contributed by atoms with van der Waals surface area (Å²) < 4.78 is 4.95. The van der Waals surface area contributed by atoms with E-state index in [1.165, 1.54) is 0 Å². The van der Waals surface area contributed by atoms with Gasteiger partial charge in [0.15, 0.2) is 0 Å². The number of hydrogen-bond acceptors (Lipinski definition) is 4. The van der Waals surface area contributed by atoms with Crippen LogP contribution < -0.4 is 15.5 Å². The van der Waals surface area contributed by atoms with E-state index in [2.05, 4.69) is 10.6 Å². The Bertz CT molecular complexity index is 391. The Hall–Kier alpha value is -1.59. The normalized spacial score (nSPS) is 10.3. The molecular weight excluding hydrogens is 254 g/mol. The molecule has 0 aliphatic carbocycles. The number of carbonyl (C=O) groups is 1. The summed E-state index contributed by atoms with van der Waals surface area (Å²) in [6.45, 7) is 2.31. The zero-order valence-electron chi connectivity index (χ0n) is 12.6. The fraction of sp³-hybridized carbons (Fsp3) is 0.533. The molecule has 1 aromatic rings. The van der Waals surface area contributed by atoms with E-state index in [1.807, 2.05) is 43.3 Å². The first-order valence-corrected chi connectivity index (χ1v) is 6.90. The summed E-state index contributed by atoms with van der Waals surface area (Å²) in [4.78, 5) is 13.8. The van der Waals surface area contributed by atoms with Crippen LogP contribution in [0, 0.1) is 0 Å². The Labute approximate surface area is 121 Å². The number of hydrogen-bond donors (Lipinski definition) is 2. The number of carbonyl (C=O) groups excluding carboxylic acids is 1. The predicted molar refractivity (Wildman–Crippen MR) is 83.4 cm³/mol. The Morgan fingerprint density at radius 1 is 1.20 bits per heavy atom. The molecule has 0 aromatic heterocycles. The summed E-state index contributed by atoms with van der Waals surface area (Å²) in [7, 11) is 5.67. The van der Waals surface area contributed by atoms with Gasteiger partial charge in [-0.3, -0.25) is 4.79 Å². The van der Waals surface area contributed by atoms with Gasteiger partial charge >= 0.3 is 0 Å². The molecule has 0 aliphatic rings. The molecule has 0 atom stereocenters. The lowest BCUT2D eigenvalue weighted by Gasteiger charge is -2.13. The smallest absolute Gasteiger partial charge is 0.225 e. The van der Waals surface area contributed by atoms with Crippen molar-refractivity contribution in [3.05, 3.63) is 24.3 Å². The lowest BCUT2D eigenvalue weighted by molar-refractivity contribution is -0.116. The molecule has 112 valence electrons. The number of nitrogens with one attached hydrogen (secondary N) is 2. The van der Waals surface area contributed by atoms with Gasteiger partial charge < -0.3 is 20.3 Å². The second kappa shape index (κ2) is 9.34. The number of nitrogens with zero attached hydrogens (tertiary/aromatic N) is 1. The van der Waals surface area contributed by atoms with E-state index >= 15 is 0 Å². The average molecular weight is 279 g/mol. The third-order valence-electron chi connectivity index (χ3n) is 2.90. The van der Waals surface area contributed by atoms with Crippen LogP contribution in [0.5, 0.6) is 0 Å². The Morgan fingerprint density at radius 3 is 2.50 bits per heavy atom. The van der Waals surface area contributed by atoms with Gasteiger partial charge in [0, 0.05) is 52.2 Å². The van der Waals surface area contributed by atoms with Crippen LogP contribution in [0.4, 0.5) is 11.4 Å². The summed E-state index contributed by atoms with van der Waals surface area (Å²) >= 11 is 0. The van der Waals surface area contributed by atoms with Crippen LogP contribution in [0.2, 0.25) is 0 Å². The highest BCUT2D eigenvalue weighted by Crippen LogP contribution is 2.15. The monoisotopic (exact) mass is 279 g/mol. The molecule has 0 heterocycles. The van der Waals surface area contributed by atoms with Crippen molar-refractivity contribution in [1.82, 2.24) is 5.32 Å². The van der Waals surface area contributed by atoms with Crippen LogP contribution in [0.25, 0.3) is 0 Å². The third-order valence-corrected chi connectivity index (χ3v) is 2.90. The van der Waals surface area contributed by atoms with Crippen molar-refractivity contribution < 1.29 is 9.53 Å². The topological polar surface area (TPSA) is 53.6 Å². The van der Waals surface area contributed by atoms with Gasteiger partial charge in [0.05, 0.1) is 0 Å². The van der Waals surface area contributed by atoms with Crippen LogP contribution in [-0.4, -0.2) is 46.8 Å². The molecule has 1 amide bonds. The minimum Gasteiger partial charge on any atom is -0.385 e. The zero-order chi connectivity index (χ0) is 14.8. The van der Waals surface area contributed by atoms with Crippen molar-refractivity contribution in [1.29, 1.82) is 0 Å². The van der Waals surface area contributed by atoms with Gasteiger partial charge in [-0.15, -0.1) is 0 Å². The van der Waals surface area contributed by atoms with E-state index in [1.54, 1.807) is 7.11 Å². The predicted octanol–water partition coefficient (Wildman–Crippen LogP) is 1.71. The van der Waals surface area contributed by atoms with E-state index in [-0.39, 0.29) is 5.91 Å². The summed E-state index contributed by atoms with van der Waals surface area (Å²) in [5.41, 5.74) is 1.95. The number of rotatable bonds is 9. The molecule has 5 nitrogen and oxygen atoms in total. The number of ether oxygens (including phenoxy) is 1. The van der Waals surface area contributed by atoms with Crippen LogP contribution in [0.3, 0.4) is 0 Å². The molecular formula is C15H25N3O2. The van der Waals surface area contributed by atoms with Crippen molar-refractivity contribution in [2.24, 2.45) is 0 Å². The van der Waals surface area contributed by atoms with E-state index in [4.69, 9.17) is 4.74 Å². The van der Waals surface area contributed by atoms with Gasteiger partial charge in [0.2, 0.25) is 5.91 Å². The second-order valence-electron chi connectivity index (χ2n) is 4.84. The van der Waals surface area contributed by atoms with Gasteiger partial charge in [-0.2, -0.15) is 0 Å². The van der Waals surface area contributed by atoms with Gasteiger partial charge in [-0.05, 0) is 37.2 Å². The number of methoxy groups -OCH3 is 1. The minimum atomic E-state index is 0.0295. The second-order valence-corrected chi connectivity index (χ2v) is 4.84. The molecule has 0 radical (unpaired) electrons. The standard InChI is InChI=1S/C15H25N3O2/c1-18(2)14-7-5-13(6-8-14)17-15(19)9-11-16-10-4-12-20-3/h5-8,16H,4,9-12H2,1-3H3,(H,17,19). The van der Waals surface area contributed by atoms with Crippen LogP contribution >= 0.6 is 0 Å². The molecule has 0 aliphatic heterocycles. The number of amides is 1. The largest absolute Gasteiger partial charge is 0.385 e. The third kappa shape index (κ3) is 6.54. The Kier molecular flexibility index (Phi) is 7.69. The molecule has 0 fully saturated rings. The van der Waals surface area contributed by atoms with E-state index in [9.17, 15) is 4.79 Å². The molecule has 0 spiro atoms. The van der Waals surface area contributed by atoms with E-state index < -0.39 is 0 Å². The van der Waals surface area contributed by atoms with Gasteiger partial charge in [-0.25, -0.2) is 0 Å². The van der Waals surface area contributed by atoms with Gasteiger partial charge in [0.25, 0.3) is 0 Å². The highest BCUT2D eigenvalue weighted by atomic mass is 16.5. The van der Waals surface area contributed by atoms with Crippen molar-refractivity contribution in [3.8, 4) is 0 Å². The molecule has 0 unspecified atom stereocenters. The van der Waals surface area contributed by atoms with E-state index in [0.717, 1.165) is 30.9 Å². The lowest BCUT2D eigenvalue weighted by atomic mass is 10.2. The molecule has 0 saturated carbocycles. The maximum atomic E-state index is 11.7. The van der Waals surface area contributed by atoms with Crippen molar-refractivity contribution in [3.63, 3.8) is 0 Å². The first-order chi connectivity index (χ1) is 9.63. The Balaban J connectivity index is 2.21.